The fourth-order valence-corrected chi connectivity index (χ4v) is 4.26. The number of hydrogen-bond donors (Lipinski definition) is 1. The molecule has 3 aliphatic rings. The number of nitriles is 1. The molecule has 0 aromatic heterocycles. The van der Waals surface area contributed by atoms with E-state index in [-0.39, 0.29) is 18.3 Å². The van der Waals surface area contributed by atoms with E-state index < -0.39 is 11.0 Å². The number of ether oxygens (including phenoxy) is 2. The van der Waals surface area contributed by atoms with E-state index in [1.165, 1.54) is 0 Å². The Kier molecular flexibility index (Phi) is 3.33. The average Bonchev–Trinajstić information content (AvgIpc) is 3.00. The van der Waals surface area contributed by atoms with Crippen LogP contribution in [0.1, 0.15) is 51.9 Å². The molecule has 3 rings (SSSR count). The summed E-state index contributed by atoms with van der Waals surface area (Å²) in [5, 5.41) is 20.9. The molecule has 106 valence electrons. The zero-order chi connectivity index (χ0) is 13.5. The van der Waals surface area contributed by atoms with E-state index in [0.29, 0.717) is 25.9 Å². The number of hydrogen-bond acceptors (Lipinski definition) is 4. The third-order valence-corrected chi connectivity index (χ3v) is 5.28. The average molecular weight is 265 g/mol. The second-order valence-electron chi connectivity index (χ2n) is 6.38. The molecule has 0 aromatic rings. The summed E-state index contributed by atoms with van der Waals surface area (Å²) in [6.07, 6.45) is 6.00. The van der Waals surface area contributed by atoms with Gasteiger partial charge in [-0.1, -0.05) is 13.3 Å². The summed E-state index contributed by atoms with van der Waals surface area (Å²) in [5.74, 6) is 0. The van der Waals surface area contributed by atoms with E-state index in [0.717, 1.165) is 25.7 Å². The Labute approximate surface area is 114 Å². The van der Waals surface area contributed by atoms with Crippen LogP contribution in [0.3, 0.4) is 0 Å². The second-order valence-corrected chi connectivity index (χ2v) is 6.38. The maximum atomic E-state index is 11.2. The largest absolute Gasteiger partial charge is 0.388 e. The summed E-state index contributed by atoms with van der Waals surface area (Å²) in [5.41, 5.74) is -1.63. The highest BCUT2D eigenvalue weighted by atomic mass is 16.5. The molecule has 3 fully saturated rings. The normalized spacial score (nSPS) is 49.2. The molecule has 3 heterocycles. The standard InChI is InChI=1S/C15H23NO3/c1-2-3-11-9-15(17,6-7-18-11)14(10-16)8-12-4-5-13(14)19-12/h11-13,17H,2-9H2,1H3. The van der Waals surface area contributed by atoms with Gasteiger partial charge >= 0.3 is 0 Å². The van der Waals surface area contributed by atoms with Gasteiger partial charge in [-0.2, -0.15) is 5.26 Å². The highest BCUT2D eigenvalue weighted by Gasteiger charge is 2.64. The van der Waals surface area contributed by atoms with Gasteiger partial charge in [0.2, 0.25) is 0 Å². The van der Waals surface area contributed by atoms with Crippen LogP contribution < -0.4 is 0 Å². The predicted molar refractivity (Wildman–Crippen MR) is 69.4 cm³/mol. The second kappa shape index (κ2) is 4.73. The number of fused-ring (bicyclic) bond motifs is 2. The minimum absolute atomic E-state index is 0.0760. The first kappa shape index (κ1) is 13.4. The molecule has 4 nitrogen and oxygen atoms in total. The van der Waals surface area contributed by atoms with Gasteiger partial charge in [-0.05, 0) is 25.7 Å². The van der Waals surface area contributed by atoms with Crippen molar-refractivity contribution in [2.75, 3.05) is 6.61 Å². The summed E-state index contributed by atoms with van der Waals surface area (Å²) >= 11 is 0. The number of aliphatic hydroxyl groups is 1. The number of rotatable bonds is 3. The van der Waals surface area contributed by atoms with Crippen LogP contribution in [-0.2, 0) is 9.47 Å². The molecule has 1 N–H and O–H groups in total. The van der Waals surface area contributed by atoms with Crippen molar-refractivity contribution in [2.45, 2.75) is 75.8 Å². The Morgan fingerprint density at radius 2 is 2.21 bits per heavy atom. The van der Waals surface area contributed by atoms with E-state index in [1.54, 1.807) is 0 Å². The van der Waals surface area contributed by atoms with Gasteiger partial charge in [0.1, 0.15) is 5.41 Å². The Morgan fingerprint density at radius 1 is 1.37 bits per heavy atom. The molecule has 0 spiro atoms. The topological polar surface area (TPSA) is 62.5 Å². The van der Waals surface area contributed by atoms with E-state index in [2.05, 4.69) is 13.0 Å². The molecule has 3 saturated heterocycles. The van der Waals surface area contributed by atoms with Crippen LogP contribution in [0.5, 0.6) is 0 Å². The highest BCUT2D eigenvalue weighted by Crippen LogP contribution is 2.56. The molecule has 0 radical (unpaired) electrons. The van der Waals surface area contributed by atoms with Crippen LogP contribution in [0.15, 0.2) is 0 Å². The molecule has 3 aliphatic heterocycles. The fourth-order valence-electron chi connectivity index (χ4n) is 4.26. The molecule has 19 heavy (non-hydrogen) atoms. The molecule has 0 saturated carbocycles. The zero-order valence-corrected chi connectivity index (χ0v) is 11.6. The molecule has 4 heteroatoms. The van der Waals surface area contributed by atoms with Gasteiger partial charge in [0.05, 0.1) is 30.0 Å². The van der Waals surface area contributed by atoms with Gasteiger partial charge in [-0.15, -0.1) is 0 Å². The van der Waals surface area contributed by atoms with Gasteiger partial charge in [0.15, 0.2) is 0 Å². The van der Waals surface area contributed by atoms with Crippen LogP contribution in [0.4, 0.5) is 0 Å². The first-order chi connectivity index (χ1) is 9.13. The van der Waals surface area contributed by atoms with Crippen LogP contribution in [-0.4, -0.2) is 35.6 Å². The van der Waals surface area contributed by atoms with E-state index in [9.17, 15) is 10.4 Å². The Morgan fingerprint density at radius 3 is 2.79 bits per heavy atom. The Hall–Kier alpha value is -0.630. The minimum Gasteiger partial charge on any atom is -0.388 e. The van der Waals surface area contributed by atoms with Crippen molar-refractivity contribution >= 4 is 0 Å². The lowest BCUT2D eigenvalue weighted by Gasteiger charge is -2.47. The monoisotopic (exact) mass is 265 g/mol. The summed E-state index contributed by atoms with van der Waals surface area (Å²) in [4.78, 5) is 0. The molecular weight excluding hydrogens is 242 g/mol. The van der Waals surface area contributed by atoms with E-state index in [1.807, 2.05) is 0 Å². The lowest BCUT2D eigenvalue weighted by atomic mass is 9.60. The van der Waals surface area contributed by atoms with Crippen LogP contribution in [0.25, 0.3) is 0 Å². The summed E-state index contributed by atoms with van der Waals surface area (Å²) in [6, 6.07) is 2.45. The summed E-state index contributed by atoms with van der Waals surface area (Å²) < 4.78 is 11.6. The molecule has 5 atom stereocenters. The maximum absolute atomic E-state index is 11.2. The highest BCUT2D eigenvalue weighted by molar-refractivity contribution is 5.21. The number of nitrogens with zero attached hydrogens (tertiary/aromatic N) is 1. The predicted octanol–water partition coefficient (Wildman–Crippen LogP) is 2.16. The van der Waals surface area contributed by atoms with Crippen molar-refractivity contribution in [1.29, 1.82) is 5.26 Å². The van der Waals surface area contributed by atoms with Gasteiger partial charge in [0, 0.05) is 19.4 Å². The van der Waals surface area contributed by atoms with Crippen molar-refractivity contribution in [3.63, 3.8) is 0 Å². The zero-order valence-electron chi connectivity index (χ0n) is 11.6. The van der Waals surface area contributed by atoms with Gasteiger partial charge in [-0.25, -0.2) is 0 Å². The van der Waals surface area contributed by atoms with Gasteiger partial charge < -0.3 is 14.6 Å². The lowest BCUT2D eigenvalue weighted by molar-refractivity contribution is -0.165. The van der Waals surface area contributed by atoms with Crippen LogP contribution in [0, 0.1) is 16.7 Å². The molecule has 0 amide bonds. The smallest absolute Gasteiger partial charge is 0.115 e. The van der Waals surface area contributed by atoms with Crippen molar-refractivity contribution in [3.05, 3.63) is 0 Å². The van der Waals surface area contributed by atoms with Gasteiger partial charge in [0.25, 0.3) is 0 Å². The first-order valence-corrected chi connectivity index (χ1v) is 7.54. The van der Waals surface area contributed by atoms with Crippen molar-refractivity contribution in [3.8, 4) is 6.07 Å². The maximum Gasteiger partial charge on any atom is 0.115 e. The quantitative estimate of drug-likeness (QED) is 0.849. The van der Waals surface area contributed by atoms with Crippen molar-refractivity contribution < 1.29 is 14.6 Å². The van der Waals surface area contributed by atoms with Crippen LogP contribution >= 0.6 is 0 Å². The minimum atomic E-state index is -0.931. The van der Waals surface area contributed by atoms with E-state index in [4.69, 9.17) is 9.47 Å². The first-order valence-electron chi connectivity index (χ1n) is 7.54. The Balaban J connectivity index is 1.84. The summed E-state index contributed by atoms with van der Waals surface area (Å²) in [6.45, 7) is 2.68. The third-order valence-electron chi connectivity index (χ3n) is 5.28. The molecule has 0 aromatic carbocycles. The Bertz CT molecular complexity index is 391. The summed E-state index contributed by atoms with van der Waals surface area (Å²) in [7, 11) is 0. The van der Waals surface area contributed by atoms with E-state index >= 15 is 0 Å². The molecule has 0 aliphatic carbocycles. The SMILES string of the molecule is CCCC1CC(O)(C2(C#N)CC3CCC2O3)CCO1. The van der Waals surface area contributed by atoms with Gasteiger partial charge in [-0.3, -0.25) is 0 Å². The van der Waals surface area contributed by atoms with Crippen LogP contribution in [0.2, 0.25) is 0 Å². The fraction of sp³-hybridized carbons (Fsp3) is 0.933. The van der Waals surface area contributed by atoms with Crippen molar-refractivity contribution in [2.24, 2.45) is 5.41 Å². The molecular formula is C15H23NO3. The third kappa shape index (κ3) is 1.91. The van der Waals surface area contributed by atoms with Crippen molar-refractivity contribution in [1.82, 2.24) is 0 Å². The molecule has 5 unspecified atom stereocenters. The molecule has 2 bridgehead atoms. The lowest BCUT2D eigenvalue weighted by Crippen LogP contribution is -2.57.